The van der Waals surface area contributed by atoms with Crippen molar-refractivity contribution < 1.29 is 0 Å². The van der Waals surface area contributed by atoms with Crippen molar-refractivity contribution in [1.82, 2.24) is 4.48 Å². The van der Waals surface area contributed by atoms with Gasteiger partial charge in [-0.15, -0.1) is 11.3 Å². The first-order valence-electron chi connectivity index (χ1n) is 23.5. The predicted octanol–water partition coefficient (Wildman–Crippen LogP) is 15.6. The third-order valence-corrected chi connectivity index (χ3v) is 16.6. The van der Waals surface area contributed by atoms with Gasteiger partial charge in [0.25, 0.3) is 0 Å². The Hall–Kier alpha value is -6.36. The minimum Gasteiger partial charge on any atom is -0.374 e. The number of hydrogen-bond acceptors (Lipinski definition) is 2. The molecule has 13 rings (SSSR count). The molecular weight excluding hydrogens is 792 g/mol. The molecule has 0 saturated carbocycles. The maximum absolute atomic E-state index is 2.78. The Morgan fingerprint density at radius 1 is 0.547 bits per heavy atom. The minimum atomic E-state index is -0.0266. The van der Waals surface area contributed by atoms with Crippen molar-refractivity contribution in [2.75, 3.05) is 4.90 Å². The summed E-state index contributed by atoms with van der Waals surface area (Å²) >= 11 is 2.04. The second-order valence-electron chi connectivity index (χ2n) is 20.1. The molecule has 3 aliphatic rings. The Morgan fingerprint density at radius 3 is 2.03 bits per heavy atom. The summed E-state index contributed by atoms with van der Waals surface area (Å²) in [6.45, 7) is 12.2. The van der Waals surface area contributed by atoms with E-state index in [1.807, 2.05) is 11.3 Å². The summed E-state index contributed by atoms with van der Waals surface area (Å²) in [4.78, 5) is 2.73. The van der Waals surface area contributed by atoms with Crippen LogP contribution in [0.4, 0.5) is 17.1 Å². The van der Waals surface area contributed by atoms with E-state index in [4.69, 9.17) is 0 Å². The molecule has 0 amide bonds. The number of aryl methyl sites for hydroxylation is 1. The molecule has 2 aliphatic heterocycles. The fourth-order valence-electron chi connectivity index (χ4n) is 12.0. The SMILES string of the molecule is CCCCc1ccc(N2c3cc(-c4ccccc4)cc4c3B(c3sc5cc6c(cc5c32)C(C)(C)CCC6(C)C)n2c3c-4cccc3c3ccc4ccccc4c32)c(-c2ccccc2)c1. The zero-order valence-corrected chi connectivity index (χ0v) is 38.2. The van der Waals surface area contributed by atoms with Crippen LogP contribution in [0.3, 0.4) is 0 Å². The van der Waals surface area contributed by atoms with Crippen molar-refractivity contribution in [3.05, 3.63) is 174 Å². The van der Waals surface area contributed by atoms with Gasteiger partial charge in [-0.3, -0.25) is 0 Å². The van der Waals surface area contributed by atoms with Gasteiger partial charge < -0.3 is 9.38 Å². The number of rotatable bonds is 6. The molecule has 0 N–H and O–H groups in total. The van der Waals surface area contributed by atoms with Gasteiger partial charge in [0.05, 0.1) is 11.4 Å². The Balaban J connectivity index is 1.23. The number of unbranched alkanes of at least 4 members (excludes halogenated alkanes) is 1. The summed E-state index contributed by atoms with van der Waals surface area (Å²) in [5, 5.41) is 6.61. The molecule has 10 aromatic rings. The first kappa shape index (κ1) is 38.1. The molecular formula is C60H51BN2S. The molecule has 0 unspecified atom stereocenters. The maximum Gasteiger partial charge on any atom is 0.343 e. The number of hydrogen-bond donors (Lipinski definition) is 0. The van der Waals surface area contributed by atoms with Crippen LogP contribution in [0.5, 0.6) is 0 Å². The fourth-order valence-corrected chi connectivity index (χ4v) is 13.3. The van der Waals surface area contributed by atoms with E-state index in [1.165, 1.54) is 146 Å². The Bertz CT molecular complexity index is 3550. The van der Waals surface area contributed by atoms with E-state index < -0.39 is 0 Å². The van der Waals surface area contributed by atoms with E-state index in [2.05, 4.69) is 202 Å². The van der Waals surface area contributed by atoms with Crippen molar-refractivity contribution in [2.24, 2.45) is 0 Å². The monoisotopic (exact) mass is 842 g/mol. The van der Waals surface area contributed by atoms with Gasteiger partial charge in [0.15, 0.2) is 0 Å². The number of thiophene rings is 1. The van der Waals surface area contributed by atoms with E-state index >= 15 is 0 Å². The molecule has 0 bridgehead atoms. The molecule has 1 aliphatic carbocycles. The topological polar surface area (TPSA) is 8.17 Å². The molecule has 8 aromatic carbocycles. The molecule has 2 nitrogen and oxygen atoms in total. The number of aromatic nitrogens is 1. The molecule has 2 aromatic heterocycles. The zero-order valence-electron chi connectivity index (χ0n) is 37.4. The second kappa shape index (κ2) is 13.8. The van der Waals surface area contributed by atoms with Gasteiger partial charge in [-0.25, -0.2) is 0 Å². The van der Waals surface area contributed by atoms with Crippen LogP contribution in [0, 0.1) is 0 Å². The number of para-hydroxylation sites is 1. The van der Waals surface area contributed by atoms with Crippen LogP contribution in [0.15, 0.2) is 158 Å². The molecule has 4 heterocycles. The van der Waals surface area contributed by atoms with Crippen molar-refractivity contribution in [3.63, 3.8) is 0 Å². The van der Waals surface area contributed by atoms with Crippen LogP contribution in [-0.2, 0) is 17.3 Å². The molecule has 310 valence electrons. The molecule has 0 radical (unpaired) electrons. The average Bonchev–Trinajstić information content (AvgIpc) is 3.88. The van der Waals surface area contributed by atoms with E-state index in [0.29, 0.717) is 0 Å². The van der Waals surface area contributed by atoms with Crippen molar-refractivity contribution in [1.29, 1.82) is 0 Å². The van der Waals surface area contributed by atoms with Crippen molar-refractivity contribution in [3.8, 4) is 33.4 Å². The smallest absolute Gasteiger partial charge is 0.343 e. The molecule has 0 spiro atoms. The summed E-state index contributed by atoms with van der Waals surface area (Å²) in [5.74, 6) is 0. The van der Waals surface area contributed by atoms with Gasteiger partial charge in [-0.1, -0.05) is 162 Å². The van der Waals surface area contributed by atoms with Gasteiger partial charge in [0.2, 0.25) is 0 Å². The van der Waals surface area contributed by atoms with Gasteiger partial charge >= 0.3 is 6.85 Å². The highest BCUT2D eigenvalue weighted by Gasteiger charge is 2.47. The molecule has 0 fully saturated rings. The first-order valence-corrected chi connectivity index (χ1v) is 24.3. The van der Waals surface area contributed by atoms with Crippen LogP contribution in [0.25, 0.3) is 76.0 Å². The normalized spacial score (nSPS) is 15.5. The van der Waals surface area contributed by atoms with Crippen LogP contribution in [0.1, 0.15) is 77.0 Å². The summed E-state index contributed by atoms with van der Waals surface area (Å²) in [6, 6.07) is 60.7. The summed E-state index contributed by atoms with van der Waals surface area (Å²) in [7, 11) is 0. The molecule has 0 saturated heterocycles. The highest BCUT2D eigenvalue weighted by Crippen LogP contribution is 2.54. The second-order valence-corrected chi connectivity index (χ2v) is 21.2. The highest BCUT2D eigenvalue weighted by atomic mass is 32.1. The summed E-state index contributed by atoms with van der Waals surface area (Å²) in [6.07, 6.45) is 5.79. The van der Waals surface area contributed by atoms with Gasteiger partial charge in [-0.2, -0.15) is 0 Å². The van der Waals surface area contributed by atoms with E-state index in [0.717, 1.165) is 6.42 Å². The van der Waals surface area contributed by atoms with Gasteiger partial charge in [-0.05, 0) is 123 Å². The van der Waals surface area contributed by atoms with Crippen LogP contribution >= 0.6 is 11.3 Å². The third kappa shape index (κ3) is 5.39. The quantitative estimate of drug-likeness (QED) is 0.151. The van der Waals surface area contributed by atoms with Crippen LogP contribution < -0.4 is 15.1 Å². The predicted molar refractivity (Wildman–Crippen MR) is 278 cm³/mol. The van der Waals surface area contributed by atoms with E-state index in [9.17, 15) is 0 Å². The number of benzene rings is 8. The zero-order chi connectivity index (χ0) is 43.1. The molecule has 0 atom stereocenters. The van der Waals surface area contributed by atoms with Crippen molar-refractivity contribution in [2.45, 2.75) is 77.6 Å². The van der Waals surface area contributed by atoms with E-state index in [1.54, 1.807) is 0 Å². The minimum absolute atomic E-state index is 0.0266. The molecule has 64 heavy (non-hydrogen) atoms. The standard InChI is InChI=1S/C60H51BN2S/c1-6-7-17-37-26-29-51(46(32-37)39-20-12-9-13-21-39)62-52-34-41(38-18-10-8-11-19-38)33-47-44-25-16-24-43-45-28-27-40-22-14-15-23-42(40)55(45)63(56(43)44)61(54(47)52)58-57(62)48-35-49-50(36-53(48)64-58)60(4,5)31-30-59(49,2)3/h8-16,18-29,32-36H,6-7,17,30-31H2,1-5H3. The number of nitrogens with zero attached hydrogens (tertiary/aromatic N) is 2. The lowest BCUT2D eigenvalue weighted by molar-refractivity contribution is 0.332. The third-order valence-electron chi connectivity index (χ3n) is 15.4. The average molecular weight is 843 g/mol. The van der Waals surface area contributed by atoms with Crippen LogP contribution in [0.2, 0.25) is 0 Å². The number of fused-ring (bicyclic) bond motifs is 12. The lowest BCUT2D eigenvalue weighted by Gasteiger charge is -2.42. The Morgan fingerprint density at radius 2 is 1.25 bits per heavy atom. The van der Waals surface area contributed by atoms with Gasteiger partial charge in [0.1, 0.15) is 0 Å². The largest absolute Gasteiger partial charge is 0.374 e. The summed E-state index contributed by atoms with van der Waals surface area (Å²) in [5.41, 5.74) is 20.2. The Kier molecular flexibility index (Phi) is 8.24. The van der Waals surface area contributed by atoms with Gasteiger partial charge in [0, 0.05) is 58.9 Å². The molecule has 4 heteroatoms. The van der Waals surface area contributed by atoms with Crippen LogP contribution in [-0.4, -0.2) is 11.3 Å². The maximum atomic E-state index is 2.78. The summed E-state index contributed by atoms with van der Waals surface area (Å²) < 4.78 is 5.58. The van der Waals surface area contributed by atoms with Crippen molar-refractivity contribution >= 4 is 88.2 Å². The Labute approximate surface area is 380 Å². The lowest BCUT2D eigenvalue weighted by atomic mass is 9.48. The lowest BCUT2D eigenvalue weighted by Crippen LogP contribution is -2.55. The fraction of sp³-hybridized carbons (Fsp3) is 0.200. The van der Waals surface area contributed by atoms with E-state index in [-0.39, 0.29) is 17.7 Å². The number of anilines is 3. The first-order chi connectivity index (χ1) is 31.2. The highest BCUT2D eigenvalue weighted by molar-refractivity contribution is 7.32.